The largest absolute Gasteiger partial charge is 0.102 e. The van der Waals surface area contributed by atoms with Crippen LogP contribution in [0, 0.1) is 5.92 Å². The summed E-state index contributed by atoms with van der Waals surface area (Å²) in [6.45, 7) is 10.7. The molecule has 0 amide bonds. The molecular weight excluding hydrogens is 204 g/mol. The number of hydrogen-bond acceptors (Lipinski definition) is 0. The van der Waals surface area contributed by atoms with Crippen molar-refractivity contribution in [2.75, 3.05) is 0 Å². The van der Waals surface area contributed by atoms with Crippen LogP contribution in [0.25, 0.3) is 0 Å². The lowest BCUT2D eigenvalue weighted by Crippen LogP contribution is -1.99. The van der Waals surface area contributed by atoms with Crippen LogP contribution in [0.15, 0.2) is 30.9 Å². The molecule has 1 aromatic rings. The Morgan fingerprint density at radius 3 is 2.47 bits per heavy atom. The minimum atomic E-state index is 0.472. The smallest absolute Gasteiger partial charge is 0.00129 e. The van der Waals surface area contributed by atoms with E-state index in [2.05, 4.69) is 45.5 Å². The number of rotatable bonds is 5. The fourth-order valence-electron chi connectivity index (χ4n) is 2.39. The van der Waals surface area contributed by atoms with Crippen molar-refractivity contribution in [2.45, 2.75) is 51.9 Å². The van der Waals surface area contributed by atoms with Crippen LogP contribution >= 0.6 is 0 Å². The van der Waals surface area contributed by atoms with Crippen molar-refractivity contribution in [1.29, 1.82) is 0 Å². The summed E-state index contributed by atoms with van der Waals surface area (Å²) in [7, 11) is 0. The van der Waals surface area contributed by atoms with Gasteiger partial charge in [-0.2, -0.15) is 0 Å². The van der Waals surface area contributed by atoms with Gasteiger partial charge in [-0.15, -0.1) is 6.58 Å². The van der Waals surface area contributed by atoms with Crippen LogP contribution < -0.4 is 0 Å². The highest BCUT2D eigenvalue weighted by Gasteiger charge is 2.24. The maximum absolute atomic E-state index is 3.92. The molecular formula is C17H24. The van der Waals surface area contributed by atoms with Crippen LogP contribution in [-0.2, 0) is 6.42 Å². The van der Waals surface area contributed by atoms with Crippen LogP contribution in [0.1, 0.15) is 62.1 Å². The average molecular weight is 228 g/mol. The van der Waals surface area contributed by atoms with Gasteiger partial charge in [0.05, 0.1) is 0 Å². The van der Waals surface area contributed by atoms with E-state index in [1.165, 1.54) is 30.4 Å². The Bertz CT molecular complexity index is 396. The number of hydrogen-bond donors (Lipinski definition) is 0. The normalized spacial score (nSPS) is 17.2. The molecule has 1 atom stereocenters. The number of allylic oxidation sites excluding steroid dienone is 1. The van der Waals surface area contributed by atoms with Crippen LogP contribution in [0.4, 0.5) is 0 Å². The van der Waals surface area contributed by atoms with Gasteiger partial charge in [-0.05, 0) is 53.7 Å². The lowest BCUT2D eigenvalue weighted by atomic mass is 9.92. The van der Waals surface area contributed by atoms with Gasteiger partial charge < -0.3 is 0 Å². The molecule has 0 aliphatic heterocycles. The highest BCUT2D eigenvalue weighted by molar-refractivity contribution is 5.37. The monoisotopic (exact) mass is 228 g/mol. The highest BCUT2D eigenvalue weighted by atomic mass is 14.3. The topological polar surface area (TPSA) is 0 Å². The van der Waals surface area contributed by atoms with Crippen LogP contribution in [0.5, 0.6) is 0 Å². The van der Waals surface area contributed by atoms with Gasteiger partial charge in [-0.1, -0.05) is 45.0 Å². The fraction of sp³-hybridized carbons (Fsp3) is 0.529. The minimum absolute atomic E-state index is 0.472. The fourth-order valence-corrected chi connectivity index (χ4v) is 2.39. The minimum Gasteiger partial charge on any atom is -0.102 e. The zero-order valence-corrected chi connectivity index (χ0v) is 11.4. The van der Waals surface area contributed by atoms with E-state index in [9.17, 15) is 0 Å². The summed E-state index contributed by atoms with van der Waals surface area (Å²) in [6, 6.07) is 7.20. The molecule has 1 aromatic carbocycles. The third kappa shape index (κ3) is 3.21. The molecule has 0 saturated heterocycles. The Morgan fingerprint density at radius 1 is 1.24 bits per heavy atom. The first-order valence-electron chi connectivity index (χ1n) is 6.86. The summed E-state index contributed by atoms with van der Waals surface area (Å²) >= 11 is 0. The van der Waals surface area contributed by atoms with Crippen molar-refractivity contribution in [3.63, 3.8) is 0 Å². The van der Waals surface area contributed by atoms with Crippen molar-refractivity contribution >= 4 is 0 Å². The zero-order chi connectivity index (χ0) is 12.4. The standard InChI is InChI=1S/C17H24/c1-5-13(4)16-9-14(8-12(2)3)10-17(11-16)15-6-7-15/h5,9-13,15H,1,6-8H2,2-4H3. The molecule has 0 N–H and O–H groups in total. The molecule has 0 bridgehead atoms. The van der Waals surface area contributed by atoms with E-state index in [0.29, 0.717) is 5.92 Å². The van der Waals surface area contributed by atoms with Gasteiger partial charge in [0.1, 0.15) is 0 Å². The molecule has 0 radical (unpaired) electrons. The molecule has 0 heteroatoms. The molecule has 1 saturated carbocycles. The van der Waals surface area contributed by atoms with E-state index in [0.717, 1.165) is 11.8 Å². The summed E-state index contributed by atoms with van der Waals surface area (Å²) in [5.74, 6) is 2.05. The van der Waals surface area contributed by atoms with Gasteiger partial charge in [0.25, 0.3) is 0 Å². The van der Waals surface area contributed by atoms with Gasteiger partial charge in [0, 0.05) is 0 Å². The molecule has 0 aromatic heterocycles. The van der Waals surface area contributed by atoms with Gasteiger partial charge in [0.15, 0.2) is 0 Å². The summed E-state index contributed by atoms with van der Waals surface area (Å²) in [4.78, 5) is 0. The van der Waals surface area contributed by atoms with Crippen molar-refractivity contribution in [3.8, 4) is 0 Å². The molecule has 1 aliphatic rings. The predicted octanol–water partition coefficient (Wildman–Crippen LogP) is 5.05. The molecule has 0 nitrogen and oxygen atoms in total. The summed E-state index contributed by atoms with van der Waals surface area (Å²) in [5.41, 5.74) is 4.51. The molecule has 2 rings (SSSR count). The molecule has 0 heterocycles. The van der Waals surface area contributed by atoms with E-state index in [1.54, 1.807) is 5.56 Å². The second-order valence-electron chi connectivity index (χ2n) is 5.90. The molecule has 1 fully saturated rings. The van der Waals surface area contributed by atoms with E-state index < -0.39 is 0 Å². The SMILES string of the molecule is C=CC(C)c1cc(CC(C)C)cc(C2CC2)c1. The second kappa shape index (κ2) is 5.08. The summed E-state index contributed by atoms with van der Waals surface area (Å²) in [5, 5.41) is 0. The van der Waals surface area contributed by atoms with Crippen LogP contribution in [0.2, 0.25) is 0 Å². The Labute approximate surface area is 106 Å². The molecule has 1 unspecified atom stereocenters. The molecule has 92 valence electrons. The lowest BCUT2D eigenvalue weighted by Gasteiger charge is -2.13. The van der Waals surface area contributed by atoms with Crippen molar-refractivity contribution < 1.29 is 0 Å². The first-order valence-corrected chi connectivity index (χ1v) is 6.86. The van der Waals surface area contributed by atoms with Gasteiger partial charge in [-0.3, -0.25) is 0 Å². The average Bonchev–Trinajstić information content (AvgIpc) is 3.10. The van der Waals surface area contributed by atoms with E-state index >= 15 is 0 Å². The summed E-state index contributed by atoms with van der Waals surface area (Å²) in [6.07, 6.45) is 6.00. The van der Waals surface area contributed by atoms with Crippen LogP contribution in [-0.4, -0.2) is 0 Å². The van der Waals surface area contributed by atoms with Gasteiger partial charge >= 0.3 is 0 Å². The Hall–Kier alpha value is -1.04. The predicted molar refractivity (Wildman–Crippen MR) is 75.6 cm³/mol. The third-order valence-corrected chi connectivity index (χ3v) is 3.61. The van der Waals surface area contributed by atoms with Gasteiger partial charge in [0.2, 0.25) is 0 Å². The maximum Gasteiger partial charge on any atom is -0.00129 e. The first kappa shape index (κ1) is 12.4. The van der Waals surface area contributed by atoms with Crippen LogP contribution in [0.3, 0.4) is 0 Å². The Morgan fingerprint density at radius 2 is 1.94 bits per heavy atom. The second-order valence-corrected chi connectivity index (χ2v) is 5.90. The first-order chi connectivity index (χ1) is 8.10. The van der Waals surface area contributed by atoms with E-state index in [-0.39, 0.29) is 0 Å². The maximum atomic E-state index is 3.92. The van der Waals surface area contributed by atoms with Gasteiger partial charge in [-0.25, -0.2) is 0 Å². The molecule has 0 spiro atoms. The van der Waals surface area contributed by atoms with E-state index in [1.807, 2.05) is 6.08 Å². The number of benzene rings is 1. The molecule has 1 aliphatic carbocycles. The summed E-state index contributed by atoms with van der Waals surface area (Å²) < 4.78 is 0. The van der Waals surface area contributed by atoms with Crippen molar-refractivity contribution in [2.24, 2.45) is 5.92 Å². The van der Waals surface area contributed by atoms with E-state index in [4.69, 9.17) is 0 Å². The lowest BCUT2D eigenvalue weighted by molar-refractivity contribution is 0.646. The third-order valence-electron chi connectivity index (χ3n) is 3.61. The molecule has 17 heavy (non-hydrogen) atoms. The quantitative estimate of drug-likeness (QED) is 0.618. The Balaban J connectivity index is 2.31. The zero-order valence-electron chi connectivity index (χ0n) is 11.4. The highest BCUT2D eigenvalue weighted by Crippen LogP contribution is 2.41. The van der Waals surface area contributed by atoms with Crippen molar-refractivity contribution in [3.05, 3.63) is 47.5 Å². The van der Waals surface area contributed by atoms with Crippen molar-refractivity contribution in [1.82, 2.24) is 0 Å². The Kier molecular flexibility index (Phi) is 3.71.